The molecular formula is C19H21N3OS. The van der Waals surface area contributed by atoms with Crippen LogP contribution in [0.25, 0.3) is 11.4 Å². The quantitative estimate of drug-likeness (QED) is 0.635. The van der Waals surface area contributed by atoms with Crippen molar-refractivity contribution in [2.24, 2.45) is 0 Å². The van der Waals surface area contributed by atoms with E-state index in [0.717, 1.165) is 30.8 Å². The van der Waals surface area contributed by atoms with Crippen molar-refractivity contribution in [2.45, 2.75) is 25.8 Å². The minimum atomic E-state index is 0.120. The molecule has 5 heteroatoms. The van der Waals surface area contributed by atoms with Gasteiger partial charge >= 0.3 is 0 Å². The molecule has 0 radical (unpaired) electrons. The molecule has 1 aromatic carbocycles. The lowest BCUT2D eigenvalue weighted by Gasteiger charge is -2.09. The zero-order valence-corrected chi connectivity index (χ0v) is 14.3. The highest BCUT2D eigenvalue weighted by Crippen LogP contribution is 2.16. The molecule has 0 aliphatic carbocycles. The SMILES string of the molecule is O=C(CCc1ccsc1)NCCCn1ccnc1-c1ccccc1. The van der Waals surface area contributed by atoms with E-state index >= 15 is 0 Å². The molecule has 0 saturated heterocycles. The molecule has 124 valence electrons. The van der Waals surface area contributed by atoms with Crippen LogP contribution in [0.3, 0.4) is 0 Å². The number of hydrogen-bond acceptors (Lipinski definition) is 3. The summed E-state index contributed by atoms with van der Waals surface area (Å²) in [5, 5.41) is 7.14. The lowest BCUT2D eigenvalue weighted by atomic mass is 10.2. The van der Waals surface area contributed by atoms with Gasteiger partial charge in [-0.3, -0.25) is 4.79 Å². The fraction of sp³-hybridized carbons (Fsp3) is 0.263. The van der Waals surface area contributed by atoms with E-state index in [2.05, 4.69) is 38.4 Å². The topological polar surface area (TPSA) is 46.9 Å². The van der Waals surface area contributed by atoms with Gasteiger partial charge in [-0.25, -0.2) is 4.98 Å². The van der Waals surface area contributed by atoms with Gasteiger partial charge in [0.1, 0.15) is 5.82 Å². The zero-order valence-electron chi connectivity index (χ0n) is 13.5. The fourth-order valence-electron chi connectivity index (χ4n) is 2.60. The number of aryl methyl sites for hydroxylation is 2. The molecular weight excluding hydrogens is 318 g/mol. The van der Waals surface area contributed by atoms with Gasteiger partial charge in [-0.15, -0.1) is 0 Å². The Kier molecular flexibility index (Phi) is 5.80. The largest absolute Gasteiger partial charge is 0.356 e. The molecule has 0 bridgehead atoms. The second-order valence-corrected chi connectivity index (χ2v) is 6.43. The lowest BCUT2D eigenvalue weighted by molar-refractivity contribution is -0.121. The molecule has 4 nitrogen and oxygen atoms in total. The number of amides is 1. The zero-order chi connectivity index (χ0) is 16.6. The van der Waals surface area contributed by atoms with Gasteiger partial charge in [0, 0.05) is 37.5 Å². The maximum Gasteiger partial charge on any atom is 0.220 e. The molecule has 0 aliphatic heterocycles. The number of hydrogen-bond donors (Lipinski definition) is 1. The Morgan fingerprint density at radius 2 is 2.08 bits per heavy atom. The number of imidazole rings is 1. The number of nitrogens with one attached hydrogen (secondary N) is 1. The summed E-state index contributed by atoms with van der Waals surface area (Å²) in [6, 6.07) is 12.2. The first kappa shape index (κ1) is 16.5. The van der Waals surface area contributed by atoms with Crippen LogP contribution in [0, 0.1) is 0 Å². The van der Waals surface area contributed by atoms with Crippen molar-refractivity contribution in [1.29, 1.82) is 0 Å². The van der Waals surface area contributed by atoms with E-state index in [9.17, 15) is 4.79 Å². The Hall–Kier alpha value is -2.40. The molecule has 3 aromatic rings. The third kappa shape index (κ3) is 4.55. The van der Waals surface area contributed by atoms with Gasteiger partial charge in [0.05, 0.1) is 0 Å². The van der Waals surface area contributed by atoms with Crippen molar-refractivity contribution in [1.82, 2.24) is 14.9 Å². The molecule has 0 fully saturated rings. The maximum atomic E-state index is 11.9. The summed E-state index contributed by atoms with van der Waals surface area (Å²) < 4.78 is 2.13. The number of benzene rings is 1. The molecule has 0 saturated carbocycles. The van der Waals surface area contributed by atoms with Gasteiger partial charge in [0.2, 0.25) is 5.91 Å². The highest BCUT2D eigenvalue weighted by Gasteiger charge is 2.06. The second kappa shape index (κ2) is 8.45. The minimum Gasteiger partial charge on any atom is -0.356 e. The van der Waals surface area contributed by atoms with Crippen LogP contribution in [0.5, 0.6) is 0 Å². The van der Waals surface area contributed by atoms with Gasteiger partial charge in [0.25, 0.3) is 0 Å². The van der Waals surface area contributed by atoms with E-state index in [1.807, 2.05) is 36.0 Å². The molecule has 0 atom stereocenters. The smallest absolute Gasteiger partial charge is 0.220 e. The molecule has 3 rings (SSSR count). The third-order valence-corrected chi connectivity index (χ3v) is 4.60. The average Bonchev–Trinajstić information content (AvgIpc) is 3.29. The summed E-state index contributed by atoms with van der Waals surface area (Å²) in [5.74, 6) is 1.09. The van der Waals surface area contributed by atoms with E-state index in [4.69, 9.17) is 0 Å². The van der Waals surface area contributed by atoms with Gasteiger partial charge < -0.3 is 9.88 Å². The first-order chi connectivity index (χ1) is 11.8. The number of rotatable bonds is 8. The number of carbonyl (C=O) groups excluding carboxylic acids is 1. The van der Waals surface area contributed by atoms with Crippen molar-refractivity contribution in [2.75, 3.05) is 6.54 Å². The molecule has 0 spiro atoms. The van der Waals surface area contributed by atoms with Crippen LogP contribution < -0.4 is 5.32 Å². The monoisotopic (exact) mass is 339 g/mol. The van der Waals surface area contributed by atoms with E-state index in [0.29, 0.717) is 13.0 Å². The normalized spacial score (nSPS) is 10.7. The molecule has 24 heavy (non-hydrogen) atoms. The van der Waals surface area contributed by atoms with Crippen molar-refractivity contribution < 1.29 is 4.79 Å². The van der Waals surface area contributed by atoms with Crippen LogP contribution in [-0.4, -0.2) is 22.0 Å². The van der Waals surface area contributed by atoms with E-state index in [1.54, 1.807) is 11.3 Å². The lowest BCUT2D eigenvalue weighted by Crippen LogP contribution is -2.25. The van der Waals surface area contributed by atoms with Crippen molar-refractivity contribution >= 4 is 17.2 Å². The first-order valence-electron chi connectivity index (χ1n) is 8.17. The molecule has 2 aromatic heterocycles. The van der Waals surface area contributed by atoms with Crippen LogP contribution in [0.2, 0.25) is 0 Å². The summed E-state index contributed by atoms with van der Waals surface area (Å²) in [5.41, 5.74) is 2.35. The first-order valence-corrected chi connectivity index (χ1v) is 9.11. The Morgan fingerprint density at radius 1 is 1.21 bits per heavy atom. The van der Waals surface area contributed by atoms with Crippen LogP contribution in [0.4, 0.5) is 0 Å². The van der Waals surface area contributed by atoms with Crippen LogP contribution in [0.15, 0.2) is 59.6 Å². The second-order valence-electron chi connectivity index (χ2n) is 5.65. The third-order valence-electron chi connectivity index (χ3n) is 3.87. The molecule has 1 amide bonds. The number of nitrogens with zero attached hydrogens (tertiary/aromatic N) is 2. The Morgan fingerprint density at radius 3 is 2.88 bits per heavy atom. The molecule has 0 unspecified atom stereocenters. The van der Waals surface area contributed by atoms with Crippen LogP contribution >= 0.6 is 11.3 Å². The summed E-state index contributed by atoms with van der Waals surface area (Å²) >= 11 is 1.67. The highest BCUT2D eigenvalue weighted by atomic mass is 32.1. The van der Waals surface area contributed by atoms with Gasteiger partial charge in [-0.2, -0.15) is 11.3 Å². The van der Waals surface area contributed by atoms with Gasteiger partial charge in [-0.1, -0.05) is 30.3 Å². The Labute approximate surface area is 146 Å². The summed E-state index contributed by atoms with van der Waals surface area (Å²) in [6.45, 7) is 1.53. The average molecular weight is 339 g/mol. The van der Waals surface area contributed by atoms with Crippen molar-refractivity contribution in [3.63, 3.8) is 0 Å². The molecule has 2 heterocycles. The van der Waals surface area contributed by atoms with E-state index in [1.165, 1.54) is 5.56 Å². The van der Waals surface area contributed by atoms with E-state index in [-0.39, 0.29) is 5.91 Å². The predicted molar refractivity (Wildman–Crippen MR) is 97.9 cm³/mol. The number of aromatic nitrogens is 2. The van der Waals surface area contributed by atoms with Crippen molar-refractivity contribution in [3.8, 4) is 11.4 Å². The summed E-state index contributed by atoms with van der Waals surface area (Å²) in [7, 11) is 0. The van der Waals surface area contributed by atoms with E-state index < -0.39 is 0 Å². The van der Waals surface area contributed by atoms with Gasteiger partial charge in [0.15, 0.2) is 0 Å². The molecule has 0 aliphatic rings. The number of thiophene rings is 1. The summed E-state index contributed by atoms with van der Waals surface area (Å²) in [6.07, 6.45) is 6.06. The minimum absolute atomic E-state index is 0.120. The predicted octanol–water partition coefficient (Wildman–Crippen LogP) is 3.75. The van der Waals surface area contributed by atoms with Crippen LogP contribution in [0.1, 0.15) is 18.4 Å². The Balaban J connectivity index is 1.41. The van der Waals surface area contributed by atoms with Crippen LogP contribution in [-0.2, 0) is 17.8 Å². The fourth-order valence-corrected chi connectivity index (χ4v) is 3.30. The van der Waals surface area contributed by atoms with Crippen molar-refractivity contribution in [3.05, 3.63) is 65.1 Å². The summed E-state index contributed by atoms with van der Waals surface area (Å²) in [4.78, 5) is 16.3. The maximum absolute atomic E-state index is 11.9. The number of carbonyl (C=O) groups is 1. The standard InChI is InChI=1S/C19H21N3OS/c23-18(8-7-16-9-14-24-15-16)20-10-4-12-22-13-11-21-19(22)17-5-2-1-3-6-17/h1-3,5-6,9,11,13-15H,4,7-8,10,12H2,(H,20,23). The highest BCUT2D eigenvalue weighted by molar-refractivity contribution is 7.07. The Bertz CT molecular complexity index is 750. The van der Waals surface area contributed by atoms with Gasteiger partial charge in [-0.05, 0) is 35.2 Å². The molecule has 1 N–H and O–H groups in total.